The second-order valence-electron chi connectivity index (χ2n) is 6.98. The van der Waals surface area contributed by atoms with Gasteiger partial charge in [-0.2, -0.15) is 0 Å². The molecule has 0 radical (unpaired) electrons. The number of rotatable bonds is 6. The summed E-state index contributed by atoms with van der Waals surface area (Å²) in [5, 5.41) is -0.218. The molecule has 0 aromatic heterocycles. The predicted molar refractivity (Wildman–Crippen MR) is 114 cm³/mol. The van der Waals surface area contributed by atoms with Crippen molar-refractivity contribution < 1.29 is 27.5 Å². The highest BCUT2D eigenvalue weighted by Gasteiger charge is 2.23. The Morgan fingerprint density at radius 2 is 1.68 bits per heavy atom. The fourth-order valence-corrected chi connectivity index (χ4v) is 4.62. The Kier molecular flexibility index (Phi) is 6.95. The van der Waals surface area contributed by atoms with Crippen LogP contribution < -0.4 is 25.0 Å². The maximum atomic E-state index is 12.5. The third kappa shape index (κ3) is 5.40. The Labute approximate surface area is 189 Å². The number of amides is 2. The standard InChI is InChI=1S/C19H19Cl2N3O6S/c1-10(2)8-22-31(27,28)17-6-12(13(20)7-14(17)21)19(26)24-23-18(25)11-3-4-15-16(5-11)30-9-29-15/h3-7,10,22H,8-9H2,1-2H3,(H,23,25)(H,24,26). The molecule has 0 spiro atoms. The van der Waals surface area contributed by atoms with E-state index >= 15 is 0 Å². The first-order valence-electron chi connectivity index (χ1n) is 9.07. The van der Waals surface area contributed by atoms with E-state index in [0.29, 0.717) is 11.5 Å². The fourth-order valence-electron chi connectivity index (χ4n) is 2.55. The van der Waals surface area contributed by atoms with Crippen LogP contribution in [0.15, 0.2) is 35.2 Å². The Morgan fingerprint density at radius 1 is 1.00 bits per heavy atom. The van der Waals surface area contributed by atoms with Crippen LogP contribution >= 0.6 is 23.2 Å². The molecule has 0 unspecified atom stereocenters. The summed E-state index contributed by atoms with van der Waals surface area (Å²) in [6, 6.07) is 6.73. The Bertz CT molecular complexity index is 1140. The number of carbonyl (C=O) groups is 2. The molecule has 1 aliphatic heterocycles. The van der Waals surface area contributed by atoms with Crippen molar-refractivity contribution in [1.82, 2.24) is 15.6 Å². The van der Waals surface area contributed by atoms with Gasteiger partial charge in [0.05, 0.1) is 15.6 Å². The molecule has 166 valence electrons. The Morgan fingerprint density at radius 3 is 2.39 bits per heavy atom. The SMILES string of the molecule is CC(C)CNS(=O)(=O)c1cc(C(=O)NNC(=O)c2ccc3c(c2)OCO3)c(Cl)cc1Cl. The van der Waals surface area contributed by atoms with E-state index in [1.807, 2.05) is 13.8 Å². The lowest BCUT2D eigenvalue weighted by Crippen LogP contribution is -2.41. The van der Waals surface area contributed by atoms with Gasteiger partial charge in [0.25, 0.3) is 11.8 Å². The zero-order chi connectivity index (χ0) is 22.8. The van der Waals surface area contributed by atoms with E-state index in [1.54, 1.807) is 6.07 Å². The lowest BCUT2D eigenvalue weighted by molar-refractivity contribution is 0.0846. The van der Waals surface area contributed by atoms with E-state index < -0.39 is 21.8 Å². The topological polar surface area (TPSA) is 123 Å². The lowest BCUT2D eigenvalue weighted by atomic mass is 10.2. The Hall–Kier alpha value is -2.53. The van der Waals surface area contributed by atoms with E-state index in [4.69, 9.17) is 32.7 Å². The highest BCUT2D eigenvalue weighted by atomic mass is 35.5. The van der Waals surface area contributed by atoms with Crippen molar-refractivity contribution in [1.29, 1.82) is 0 Å². The summed E-state index contributed by atoms with van der Waals surface area (Å²) in [6.07, 6.45) is 0. The third-order valence-electron chi connectivity index (χ3n) is 4.16. The highest BCUT2D eigenvalue weighted by Crippen LogP contribution is 2.32. The zero-order valence-electron chi connectivity index (χ0n) is 16.5. The summed E-state index contributed by atoms with van der Waals surface area (Å²) in [6.45, 7) is 3.93. The molecule has 0 saturated carbocycles. The van der Waals surface area contributed by atoms with Crippen LogP contribution in [0.1, 0.15) is 34.6 Å². The minimum atomic E-state index is -3.97. The zero-order valence-corrected chi connectivity index (χ0v) is 18.8. The number of hydrazine groups is 1. The molecule has 0 saturated heterocycles. The summed E-state index contributed by atoms with van der Waals surface area (Å²) >= 11 is 12.1. The average Bonchev–Trinajstić information content (AvgIpc) is 3.18. The molecule has 2 aromatic rings. The molecule has 0 bridgehead atoms. The van der Waals surface area contributed by atoms with Crippen LogP contribution in [0.4, 0.5) is 0 Å². The molecule has 0 aliphatic carbocycles. The van der Waals surface area contributed by atoms with E-state index in [-0.39, 0.29) is 45.3 Å². The minimum absolute atomic E-state index is 0.0590. The lowest BCUT2D eigenvalue weighted by Gasteiger charge is -2.13. The molecular formula is C19H19Cl2N3O6S. The number of hydrogen-bond acceptors (Lipinski definition) is 6. The van der Waals surface area contributed by atoms with E-state index in [0.717, 1.165) is 12.1 Å². The van der Waals surface area contributed by atoms with Gasteiger partial charge in [-0.05, 0) is 36.2 Å². The second-order valence-corrected chi connectivity index (χ2v) is 9.53. The molecule has 1 heterocycles. The summed E-state index contributed by atoms with van der Waals surface area (Å²) in [4.78, 5) is 24.5. The van der Waals surface area contributed by atoms with Crippen molar-refractivity contribution in [3.63, 3.8) is 0 Å². The summed E-state index contributed by atoms with van der Waals surface area (Å²) in [5.41, 5.74) is 4.47. The molecule has 0 atom stereocenters. The van der Waals surface area contributed by atoms with Gasteiger partial charge in [0.1, 0.15) is 4.90 Å². The maximum absolute atomic E-state index is 12.5. The van der Waals surface area contributed by atoms with Crippen LogP contribution in [-0.4, -0.2) is 33.6 Å². The molecular weight excluding hydrogens is 469 g/mol. The number of nitrogens with one attached hydrogen (secondary N) is 3. The molecule has 12 heteroatoms. The molecule has 2 amide bonds. The average molecular weight is 488 g/mol. The van der Waals surface area contributed by atoms with Crippen molar-refractivity contribution in [3.8, 4) is 11.5 Å². The van der Waals surface area contributed by atoms with Gasteiger partial charge >= 0.3 is 0 Å². The molecule has 2 aromatic carbocycles. The largest absolute Gasteiger partial charge is 0.454 e. The van der Waals surface area contributed by atoms with Crippen LogP contribution in [0.25, 0.3) is 0 Å². The van der Waals surface area contributed by atoms with Crippen molar-refractivity contribution >= 4 is 45.0 Å². The smallest absolute Gasteiger partial charge is 0.271 e. The first-order valence-corrected chi connectivity index (χ1v) is 11.3. The van der Waals surface area contributed by atoms with E-state index in [1.165, 1.54) is 12.1 Å². The molecule has 3 rings (SSSR count). The number of halogens is 2. The highest BCUT2D eigenvalue weighted by molar-refractivity contribution is 7.89. The number of fused-ring (bicyclic) bond motifs is 1. The van der Waals surface area contributed by atoms with Crippen LogP contribution in [0.5, 0.6) is 11.5 Å². The van der Waals surface area contributed by atoms with Crippen LogP contribution in [0, 0.1) is 5.92 Å². The normalized spacial score (nSPS) is 12.7. The quantitative estimate of drug-likeness (QED) is 0.538. The number of sulfonamides is 1. The summed E-state index contributed by atoms with van der Waals surface area (Å²) in [7, 11) is -3.97. The third-order valence-corrected chi connectivity index (χ3v) is 6.36. The van der Waals surface area contributed by atoms with Crippen molar-refractivity contribution in [2.45, 2.75) is 18.7 Å². The van der Waals surface area contributed by atoms with Crippen molar-refractivity contribution in [3.05, 3.63) is 51.5 Å². The van der Waals surface area contributed by atoms with Gasteiger partial charge in [0.2, 0.25) is 16.8 Å². The van der Waals surface area contributed by atoms with E-state index in [9.17, 15) is 18.0 Å². The van der Waals surface area contributed by atoms with Crippen molar-refractivity contribution in [2.24, 2.45) is 5.92 Å². The predicted octanol–water partition coefficient (Wildman–Crippen LogP) is 2.73. The molecule has 3 N–H and O–H groups in total. The fraction of sp³-hybridized carbons (Fsp3) is 0.263. The second kappa shape index (κ2) is 9.31. The Balaban J connectivity index is 1.74. The minimum Gasteiger partial charge on any atom is -0.454 e. The van der Waals surface area contributed by atoms with Crippen LogP contribution in [-0.2, 0) is 10.0 Å². The van der Waals surface area contributed by atoms with Gasteiger partial charge in [-0.1, -0.05) is 37.0 Å². The number of ether oxygens (including phenoxy) is 2. The van der Waals surface area contributed by atoms with Gasteiger partial charge in [0, 0.05) is 12.1 Å². The van der Waals surface area contributed by atoms with E-state index in [2.05, 4.69) is 15.6 Å². The van der Waals surface area contributed by atoms with Crippen LogP contribution in [0.2, 0.25) is 10.0 Å². The summed E-state index contributed by atoms with van der Waals surface area (Å²) < 4.78 is 37.9. The van der Waals surface area contributed by atoms with Gasteiger partial charge in [0.15, 0.2) is 11.5 Å². The molecule has 1 aliphatic rings. The van der Waals surface area contributed by atoms with Gasteiger partial charge < -0.3 is 9.47 Å². The number of hydrogen-bond donors (Lipinski definition) is 3. The maximum Gasteiger partial charge on any atom is 0.271 e. The molecule has 9 nitrogen and oxygen atoms in total. The first kappa shape index (κ1) is 23.1. The summed E-state index contributed by atoms with van der Waals surface area (Å²) in [5.74, 6) is -0.467. The van der Waals surface area contributed by atoms with Gasteiger partial charge in [-0.3, -0.25) is 20.4 Å². The van der Waals surface area contributed by atoms with Crippen molar-refractivity contribution in [2.75, 3.05) is 13.3 Å². The monoisotopic (exact) mass is 487 g/mol. The van der Waals surface area contributed by atoms with Crippen LogP contribution in [0.3, 0.4) is 0 Å². The molecule has 31 heavy (non-hydrogen) atoms. The van der Waals surface area contributed by atoms with Gasteiger partial charge in [-0.25, -0.2) is 13.1 Å². The number of benzene rings is 2. The van der Waals surface area contributed by atoms with Gasteiger partial charge in [-0.15, -0.1) is 0 Å². The number of carbonyl (C=O) groups excluding carboxylic acids is 2. The molecule has 0 fully saturated rings. The first-order chi connectivity index (χ1) is 14.6.